The molecule has 1 aromatic heterocycles. The van der Waals surface area contributed by atoms with E-state index in [9.17, 15) is 13.2 Å². The fraction of sp³-hybridized carbons (Fsp3) is 0.357. The van der Waals surface area contributed by atoms with Gasteiger partial charge in [0.15, 0.2) is 15.3 Å². The number of hydrogen-bond donors (Lipinski definition) is 1. The van der Waals surface area contributed by atoms with Crippen molar-refractivity contribution in [3.8, 4) is 0 Å². The van der Waals surface area contributed by atoms with Crippen molar-refractivity contribution >= 4 is 36.7 Å². The van der Waals surface area contributed by atoms with Gasteiger partial charge in [-0.15, -0.1) is 0 Å². The Bertz CT molecular complexity index is 899. The summed E-state index contributed by atoms with van der Waals surface area (Å²) in [6, 6.07) is 2.84. The predicted octanol–water partition coefficient (Wildman–Crippen LogP) is 2.37. The highest BCUT2D eigenvalue weighted by Gasteiger charge is 2.40. The van der Waals surface area contributed by atoms with Gasteiger partial charge in [-0.25, -0.2) is 8.42 Å². The van der Waals surface area contributed by atoms with E-state index in [2.05, 4.69) is 20.9 Å². The molecule has 112 valence electrons. The number of rotatable bonds is 0. The van der Waals surface area contributed by atoms with Crippen LogP contribution in [-0.2, 0) is 21.2 Å². The van der Waals surface area contributed by atoms with Crippen LogP contribution in [-0.4, -0.2) is 24.8 Å². The molecule has 1 aliphatic heterocycles. The van der Waals surface area contributed by atoms with Crippen molar-refractivity contribution in [2.24, 2.45) is 0 Å². The lowest BCUT2D eigenvalue weighted by molar-refractivity contribution is 0.106. The zero-order chi connectivity index (χ0) is 15.4. The first-order valence-electron chi connectivity index (χ1n) is 6.41. The Morgan fingerprint density at radius 3 is 2.81 bits per heavy atom. The molecule has 5 nitrogen and oxygen atoms in total. The molecule has 0 radical (unpaired) electrons. The number of hydrogen-bond acceptors (Lipinski definition) is 4. The van der Waals surface area contributed by atoms with Crippen LogP contribution in [0.3, 0.4) is 0 Å². The van der Waals surface area contributed by atoms with E-state index in [1.165, 1.54) is 18.3 Å². The maximum Gasteiger partial charge on any atom is 0.189 e. The van der Waals surface area contributed by atoms with E-state index >= 15 is 0 Å². The summed E-state index contributed by atoms with van der Waals surface area (Å²) in [6.45, 7) is 3.56. The zero-order valence-corrected chi connectivity index (χ0v) is 14.0. The molecule has 7 heteroatoms. The van der Waals surface area contributed by atoms with Crippen molar-refractivity contribution in [2.75, 3.05) is 6.61 Å². The highest BCUT2D eigenvalue weighted by molar-refractivity contribution is 9.10. The number of nitrogens with one attached hydrogen (secondary N) is 1. The molecule has 0 unspecified atom stereocenters. The summed E-state index contributed by atoms with van der Waals surface area (Å²) >= 11 is 3.41. The molecule has 0 aliphatic carbocycles. The Morgan fingerprint density at radius 1 is 1.38 bits per heavy atom. The van der Waals surface area contributed by atoms with Crippen LogP contribution < -0.4 is 5.43 Å². The Labute approximate surface area is 130 Å². The molecule has 3 rings (SSSR count). The summed E-state index contributed by atoms with van der Waals surface area (Å²) in [5, 5.41) is 0.351. The van der Waals surface area contributed by atoms with Crippen LogP contribution in [0.5, 0.6) is 0 Å². The summed E-state index contributed by atoms with van der Waals surface area (Å²) in [5.74, 6) is 0. The molecule has 2 heterocycles. The normalized spacial score (nSPS) is 20.0. The average molecular weight is 372 g/mol. The maximum atomic E-state index is 12.8. The van der Waals surface area contributed by atoms with Gasteiger partial charge in [0.2, 0.25) is 0 Å². The largest absolute Gasteiger partial charge is 0.375 e. The highest BCUT2D eigenvalue weighted by Crippen LogP contribution is 2.38. The number of fused-ring (bicyclic) bond motifs is 2. The molecular formula is C14H14BrNO4S. The zero-order valence-electron chi connectivity index (χ0n) is 11.6. The first-order chi connectivity index (χ1) is 9.75. The second-order valence-electron chi connectivity index (χ2n) is 5.69. The number of sulfone groups is 1. The molecule has 1 N–H and O–H groups in total. The van der Waals surface area contributed by atoms with Crippen LogP contribution in [0.4, 0.5) is 0 Å². The Hall–Kier alpha value is -1.18. The van der Waals surface area contributed by atoms with Crippen LogP contribution in [0.2, 0.25) is 0 Å². The van der Waals surface area contributed by atoms with Crippen molar-refractivity contribution in [2.45, 2.75) is 30.1 Å². The highest BCUT2D eigenvalue weighted by atomic mass is 79.9. The lowest BCUT2D eigenvalue weighted by atomic mass is 10.1. The molecule has 1 aliphatic rings. The van der Waals surface area contributed by atoms with Crippen LogP contribution >= 0.6 is 15.9 Å². The minimum absolute atomic E-state index is 0.112. The van der Waals surface area contributed by atoms with E-state index < -0.39 is 14.6 Å². The van der Waals surface area contributed by atoms with Crippen molar-refractivity contribution in [3.05, 3.63) is 38.6 Å². The second kappa shape index (κ2) is 4.66. The Kier molecular flexibility index (Phi) is 3.27. The summed E-state index contributed by atoms with van der Waals surface area (Å²) in [6.07, 6.45) is 1.54. The van der Waals surface area contributed by atoms with E-state index in [0.717, 1.165) is 0 Å². The number of ether oxygens (including phenoxy) is 1. The fourth-order valence-electron chi connectivity index (χ4n) is 2.44. The number of halogens is 1. The van der Waals surface area contributed by atoms with Gasteiger partial charge in [0.25, 0.3) is 0 Å². The summed E-state index contributed by atoms with van der Waals surface area (Å²) in [4.78, 5) is 15.2. The lowest BCUT2D eigenvalue weighted by Gasteiger charge is -2.22. The van der Waals surface area contributed by atoms with E-state index in [0.29, 0.717) is 20.9 Å². The molecular weight excluding hydrogens is 358 g/mol. The van der Waals surface area contributed by atoms with E-state index in [4.69, 9.17) is 4.74 Å². The van der Waals surface area contributed by atoms with Crippen molar-refractivity contribution in [1.29, 1.82) is 0 Å². The molecule has 0 bridgehead atoms. The molecule has 2 aromatic rings. The Balaban J connectivity index is 2.50. The first-order valence-corrected chi connectivity index (χ1v) is 8.68. The minimum atomic E-state index is -3.60. The van der Waals surface area contributed by atoms with E-state index in [-0.39, 0.29) is 23.5 Å². The second-order valence-corrected chi connectivity index (χ2v) is 9.03. The summed E-state index contributed by atoms with van der Waals surface area (Å²) in [5.41, 5.74) is 0.917. The first kappa shape index (κ1) is 14.7. The predicted molar refractivity (Wildman–Crippen MR) is 83.2 cm³/mol. The van der Waals surface area contributed by atoms with E-state index in [1.54, 1.807) is 13.8 Å². The smallest absolute Gasteiger partial charge is 0.189 e. The molecule has 1 aromatic carbocycles. The number of aromatic amines is 1. The van der Waals surface area contributed by atoms with Gasteiger partial charge in [-0.2, -0.15) is 0 Å². The standard InChI is InChI=1S/C14H14BrNO4S/c1-14(2)7-20-6-9-11(21(14,18)19)5-8-10(17)3-4-16-13(8)12(9)15/h3-5H,6-7H2,1-2H3,(H,16,17). The number of pyridine rings is 1. The number of aromatic nitrogens is 1. The summed E-state index contributed by atoms with van der Waals surface area (Å²) in [7, 11) is -3.60. The van der Waals surface area contributed by atoms with Crippen LogP contribution in [0.15, 0.2) is 32.5 Å². The van der Waals surface area contributed by atoms with Gasteiger partial charge in [-0.1, -0.05) is 0 Å². The number of benzene rings is 1. The SMILES string of the molecule is CC1(C)COCc2c(cc3c(=O)cc[nH]c3c2Br)S1(=O)=O. The summed E-state index contributed by atoms with van der Waals surface area (Å²) < 4.78 is 30.7. The van der Waals surface area contributed by atoms with Crippen molar-refractivity contribution in [3.63, 3.8) is 0 Å². The molecule has 0 fully saturated rings. The third-order valence-electron chi connectivity index (χ3n) is 3.77. The van der Waals surface area contributed by atoms with Gasteiger partial charge in [0.05, 0.1) is 28.4 Å². The van der Waals surface area contributed by atoms with Gasteiger partial charge >= 0.3 is 0 Å². The monoisotopic (exact) mass is 371 g/mol. The van der Waals surface area contributed by atoms with Crippen molar-refractivity contribution < 1.29 is 13.2 Å². The van der Waals surface area contributed by atoms with Gasteiger partial charge in [0, 0.05) is 27.7 Å². The lowest BCUT2D eigenvalue weighted by Crippen LogP contribution is -2.35. The number of H-pyrrole nitrogens is 1. The molecule has 0 atom stereocenters. The van der Waals surface area contributed by atoms with Gasteiger partial charge in [-0.3, -0.25) is 4.79 Å². The molecule has 21 heavy (non-hydrogen) atoms. The third kappa shape index (κ3) is 2.06. The topological polar surface area (TPSA) is 76.2 Å². The Morgan fingerprint density at radius 2 is 2.10 bits per heavy atom. The van der Waals surface area contributed by atoms with Crippen molar-refractivity contribution in [1.82, 2.24) is 4.98 Å². The van der Waals surface area contributed by atoms with Crippen LogP contribution in [0, 0.1) is 0 Å². The van der Waals surface area contributed by atoms with Crippen LogP contribution in [0.25, 0.3) is 10.9 Å². The average Bonchev–Trinajstić information content (AvgIpc) is 2.49. The molecule has 0 spiro atoms. The van der Waals surface area contributed by atoms with Gasteiger partial charge < -0.3 is 9.72 Å². The van der Waals surface area contributed by atoms with Gasteiger partial charge in [0.1, 0.15) is 0 Å². The van der Waals surface area contributed by atoms with Crippen LogP contribution in [0.1, 0.15) is 19.4 Å². The quantitative estimate of drug-likeness (QED) is 0.771. The molecule has 0 saturated heterocycles. The fourth-order valence-corrected chi connectivity index (χ4v) is 4.82. The van der Waals surface area contributed by atoms with E-state index in [1.807, 2.05) is 0 Å². The minimum Gasteiger partial charge on any atom is -0.375 e. The third-order valence-corrected chi connectivity index (χ3v) is 7.16. The molecule has 0 saturated carbocycles. The van der Waals surface area contributed by atoms with Gasteiger partial charge in [-0.05, 0) is 35.8 Å². The maximum absolute atomic E-state index is 12.8. The molecule has 0 amide bonds.